The first-order valence-electron chi connectivity index (χ1n) is 8.38. The quantitative estimate of drug-likeness (QED) is 0.873. The number of pyridine rings is 2. The first kappa shape index (κ1) is 15.5. The first-order chi connectivity index (χ1) is 12.1. The van der Waals surface area contributed by atoms with Crippen molar-refractivity contribution in [3.63, 3.8) is 0 Å². The van der Waals surface area contributed by atoms with Crippen molar-refractivity contribution in [1.29, 1.82) is 0 Å². The minimum atomic E-state index is 0.0529. The second-order valence-corrected chi connectivity index (χ2v) is 6.24. The van der Waals surface area contributed by atoms with Crippen LogP contribution in [-0.4, -0.2) is 34.7 Å². The van der Waals surface area contributed by atoms with Gasteiger partial charge in [-0.15, -0.1) is 0 Å². The number of nitrogens with zero attached hydrogens (tertiary/aromatic N) is 4. The number of ketones is 1. The average molecular weight is 333 g/mol. The van der Waals surface area contributed by atoms with Gasteiger partial charge in [0.05, 0.1) is 12.2 Å². The summed E-state index contributed by atoms with van der Waals surface area (Å²) in [5.41, 5.74) is 11.4. The number of carbonyl (C=O) groups is 1. The molecule has 0 radical (unpaired) electrons. The van der Waals surface area contributed by atoms with Crippen molar-refractivity contribution in [2.24, 2.45) is 4.99 Å². The number of amidine groups is 1. The van der Waals surface area contributed by atoms with Crippen molar-refractivity contribution in [3.05, 3.63) is 46.9 Å². The van der Waals surface area contributed by atoms with Crippen molar-refractivity contribution in [2.75, 3.05) is 23.7 Å². The van der Waals surface area contributed by atoms with E-state index in [2.05, 4.69) is 25.9 Å². The molecule has 2 aromatic rings. The Labute approximate surface area is 146 Å². The molecule has 2 aliphatic rings. The van der Waals surface area contributed by atoms with E-state index in [-0.39, 0.29) is 5.78 Å². The number of Topliss-reactive ketones (excluding diaryl/α,β-unsaturated/α-hetero) is 1. The summed E-state index contributed by atoms with van der Waals surface area (Å²) in [4.78, 5) is 27.3. The van der Waals surface area contributed by atoms with Crippen LogP contribution in [-0.2, 0) is 0 Å². The molecule has 2 aliphatic heterocycles. The molecule has 0 bridgehead atoms. The number of aromatic nitrogens is 2. The van der Waals surface area contributed by atoms with Gasteiger partial charge in [0, 0.05) is 48.1 Å². The zero-order valence-corrected chi connectivity index (χ0v) is 14.3. The van der Waals surface area contributed by atoms with Crippen LogP contribution >= 0.6 is 0 Å². The van der Waals surface area contributed by atoms with Gasteiger partial charge < -0.3 is 10.6 Å². The van der Waals surface area contributed by atoms with Gasteiger partial charge in [-0.3, -0.25) is 14.8 Å². The normalized spacial score (nSPS) is 15.4. The topological polar surface area (TPSA) is 84.5 Å². The molecule has 6 heteroatoms. The highest BCUT2D eigenvalue weighted by Crippen LogP contribution is 2.37. The number of fused-ring (bicyclic) bond motifs is 3. The van der Waals surface area contributed by atoms with Gasteiger partial charge in [0.1, 0.15) is 17.3 Å². The Morgan fingerprint density at radius 2 is 2.12 bits per heavy atom. The maximum Gasteiger partial charge on any atom is 0.180 e. The summed E-state index contributed by atoms with van der Waals surface area (Å²) >= 11 is 0. The summed E-state index contributed by atoms with van der Waals surface area (Å²) < 4.78 is 0. The van der Waals surface area contributed by atoms with Crippen LogP contribution in [0, 0.1) is 6.92 Å². The van der Waals surface area contributed by atoms with E-state index >= 15 is 0 Å². The van der Waals surface area contributed by atoms with Crippen LogP contribution in [0.4, 0.5) is 11.5 Å². The number of hydrogen-bond acceptors (Lipinski definition) is 6. The Balaban J connectivity index is 1.85. The van der Waals surface area contributed by atoms with E-state index in [0.717, 1.165) is 46.9 Å². The molecular formula is C19H19N5O. The summed E-state index contributed by atoms with van der Waals surface area (Å²) in [6.45, 7) is 5.41. The molecule has 0 aliphatic carbocycles. The smallest absolute Gasteiger partial charge is 0.180 e. The zero-order valence-electron chi connectivity index (χ0n) is 14.3. The van der Waals surface area contributed by atoms with Crippen molar-refractivity contribution in [2.45, 2.75) is 20.3 Å². The number of carbonyl (C=O) groups excluding carboxylic acids is 1. The first-order valence-corrected chi connectivity index (χ1v) is 8.38. The lowest BCUT2D eigenvalue weighted by molar-refractivity contribution is 0.0983. The largest absolute Gasteiger partial charge is 0.384 e. The Morgan fingerprint density at radius 1 is 1.28 bits per heavy atom. The van der Waals surface area contributed by atoms with Gasteiger partial charge in [0.25, 0.3) is 0 Å². The van der Waals surface area contributed by atoms with Gasteiger partial charge >= 0.3 is 0 Å². The summed E-state index contributed by atoms with van der Waals surface area (Å²) in [5.74, 6) is 1.48. The van der Waals surface area contributed by atoms with Crippen LogP contribution in [0.15, 0.2) is 29.5 Å². The van der Waals surface area contributed by atoms with E-state index in [1.807, 2.05) is 26.0 Å². The molecular weight excluding hydrogens is 314 g/mol. The second-order valence-electron chi connectivity index (χ2n) is 6.24. The lowest BCUT2D eigenvalue weighted by Crippen LogP contribution is -2.31. The van der Waals surface area contributed by atoms with Gasteiger partial charge in [-0.1, -0.05) is 6.92 Å². The van der Waals surface area contributed by atoms with Crippen molar-refractivity contribution < 1.29 is 4.79 Å². The van der Waals surface area contributed by atoms with Crippen LogP contribution in [0.5, 0.6) is 0 Å². The maximum absolute atomic E-state index is 11.9. The molecule has 0 amide bonds. The highest BCUT2D eigenvalue weighted by molar-refractivity contribution is 6.36. The van der Waals surface area contributed by atoms with Gasteiger partial charge in [-0.2, -0.15) is 0 Å². The number of hydrogen-bond donors (Lipinski definition) is 1. The monoisotopic (exact) mass is 333 g/mol. The van der Waals surface area contributed by atoms with Crippen LogP contribution in [0.2, 0.25) is 0 Å². The highest BCUT2D eigenvalue weighted by atomic mass is 16.1. The fourth-order valence-electron chi connectivity index (χ4n) is 3.32. The van der Waals surface area contributed by atoms with Gasteiger partial charge in [0.2, 0.25) is 0 Å². The molecule has 0 unspecified atom stereocenters. The van der Waals surface area contributed by atoms with E-state index < -0.39 is 0 Å². The Morgan fingerprint density at radius 3 is 2.88 bits per heavy atom. The maximum atomic E-state index is 11.9. The number of nitrogen functional groups attached to an aromatic ring is 1. The van der Waals surface area contributed by atoms with Gasteiger partial charge in [-0.25, -0.2) is 4.98 Å². The van der Waals surface area contributed by atoms with E-state index in [0.29, 0.717) is 17.9 Å². The highest BCUT2D eigenvalue weighted by Gasteiger charge is 2.30. The van der Waals surface area contributed by atoms with Crippen molar-refractivity contribution >= 4 is 34.8 Å². The van der Waals surface area contributed by atoms with E-state index in [1.54, 1.807) is 12.4 Å². The lowest BCUT2D eigenvalue weighted by Gasteiger charge is -2.29. The summed E-state index contributed by atoms with van der Waals surface area (Å²) in [5, 5.41) is 0. The molecule has 2 aromatic heterocycles. The minimum Gasteiger partial charge on any atom is -0.384 e. The summed E-state index contributed by atoms with van der Waals surface area (Å²) in [6.07, 6.45) is 6.10. The molecule has 0 fully saturated rings. The Hall–Kier alpha value is -3.02. The second kappa shape index (κ2) is 5.81. The summed E-state index contributed by atoms with van der Waals surface area (Å²) in [6, 6.07) is 3.75. The number of nitrogens with two attached hydrogens (primary N) is 1. The lowest BCUT2D eigenvalue weighted by atomic mass is 9.94. The molecule has 6 nitrogen and oxygen atoms in total. The molecule has 0 atom stereocenters. The molecule has 2 N–H and O–H groups in total. The molecule has 4 heterocycles. The van der Waals surface area contributed by atoms with Crippen LogP contribution in [0.3, 0.4) is 0 Å². The zero-order chi connectivity index (χ0) is 17.6. The Kier molecular flexibility index (Phi) is 3.60. The predicted octanol–water partition coefficient (Wildman–Crippen LogP) is 2.73. The van der Waals surface area contributed by atoms with Gasteiger partial charge in [-0.05, 0) is 24.6 Å². The molecule has 0 saturated heterocycles. The Bertz CT molecular complexity index is 945. The SMILES string of the molecule is CCC(=O)c1cc(C)c(C2=Cc3cnc(N)cc3N3CCN=C23)cn1. The fraction of sp³-hybridized carbons (Fsp3) is 0.263. The van der Waals surface area contributed by atoms with Crippen molar-refractivity contribution in [1.82, 2.24) is 9.97 Å². The van der Waals surface area contributed by atoms with Crippen molar-refractivity contribution in [3.8, 4) is 0 Å². The minimum absolute atomic E-state index is 0.0529. The number of anilines is 2. The molecule has 4 rings (SSSR count). The number of aryl methyl sites for hydroxylation is 1. The fourth-order valence-corrected chi connectivity index (χ4v) is 3.32. The summed E-state index contributed by atoms with van der Waals surface area (Å²) in [7, 11) is 0. The third kappa shape index (κ3) is 2.50. The van der Waals surface area contributed by atoms with E-state index in [1.165, 1.54) is 0 Å². The third-order valence-corrected chi connectivity index (χ3v) is 4.61. The van der Waals surface area contributed by atoms with Crippen LogP contribution in [0.1, 0.15) is 40.5 Å². The average Bonchev–Trinajstić information content (AvgIpc) is 3.11. The molecule has 126 valence electrons. The van der Waals surface area contributed by atoms with E-state index in [4.69, 9.17) is 5.73 Å². The molecule has 0 saturated carbocycles. The number of rotatable bonds is 3. The molecule has 0 spiro atoms. The number of aliphatic imine (C=N–C) groups is 1. The molecule has 0 aromatic carbocycles. The van der Waals surface area contributed by atoms with Crippen LogP contribution < -0.4 is 10.6 Å². The predicted molar refractivity (Wildman–Crippen MR) is 99.8 cm³/mol. The van der Waals surface area contributed by atoms with E-state index in [9.17, 15) is 4.79 Å². The third-order valence-electron chi connectivity index (χ3n) is 4.61. The molecule has 25 heavy (non-hydrogen) atoms. The van der Waals surface area contributed by atoms with Crippen LogP contribution in [0.25, 0.3) is 11.6 Å². The standard InChI is InChI=1S/C19H19N5O/c1-3-17(25)15-6-11(2)14(10-22-15)13-7-12-9-23-18(20)8-16(12)24-5-4-21-19(13)24/h6-10H,3-5H2,1-2H3,(H2,20,23). The van der Waals surface area contributed by atoms with Gasteiger partial charge in [0.15, 0.2) is 5.78 Å².